The van der Waals surface area contributed by atoms with E-state index in [0.717, 1.165) is 11.1 Å². The van der Waals surface area contributed by atoms with Crippen molar-refractivity contribution in [2.75, 3.05) is 26.2 Å². The summed E-state index contributed by atoms with van der Waals surface area (Å²) in [5, 5.41) is 4.28. The van der Waals surface area contributed by atoms with Crippen molar-refractivity contribution in [3.8, 4) is 0 Å². The quantitative estimate of drug-likeness (QED) is 0.576. The monoisotopic (exact) mass is 452 g/mol. The van der Waals surface area contributed by atoms with Gasteiger partial charge in [-0.25, -0.2) is 8.42 Å². The number of hydrogen-bond acceptors (Lipinski definition) is 4. The highest BCUT2D eigenvalue weighted by Crippen LogP contribution is 2.24. The summed E-state index contributed by atoms with van der Waals surface area (Å²) in [5.74, 6) is 0.256. The minimum absolute atomic E-state index is 0.0850. The lowest BCUT2D eigenvalue weighted by molar-refractivity contribution is -0.135. The Morgan fingerprint density at radius 2 is 1.53 bits per heavy atom. The summed E-state index contributed by atoms with van der Waals surface area (Å²) >= 11 is 0. The van der Waals surface area contributed by atoms with E-state index in [1.807, 2.05) is 42.5 Å². The molecule has 3 aromatic rings. The van der Waals surface area contributed by atoms with Gasteiger partial charge in [0.15, 0.2) is 6.04 Å². The third-order valence-corrected chi connectivity index (χ3v) is 7.79. The van der Waals surface area contributed by atoms with Crippen LogP contribution in [0.1, 0.15) is 36.9 Å². The zero-order chi connectivity index (χ0) is 22.7. The Bertz CT molecular complexity index is 1140. The first kappa shape index (κ1) is 22.2. The fraction of sp³-hybridized carbons (Fsp3) is 0.333. The number of piperazine rings is 1. The van der Waals surface area contributed by atoms with E-state index in [2.05, 4.69) is 18.9 Å². The van der Waals surface area contributed by atoms with E-state index in [4.69, 9.17) is 0 Å². The van der Waals surface area contributed by atoms with Crippen LogP contribution in [0.3, 0.4) is 0 Å². The van der Waals surface area contributed by atoms with Crippen LogP contribution in [0.4, 0.5) is 0 Å². The molecule has 168 valence electrons. The van der Waals surface area contributed by atoms with E-state index in [1.54, 1.807) is 40.2 Å². The molecule has 0 bridgehead atoms. The maximum Gasteiger partial charge on any atom is 0.252 e. The molecule has 1 aromatic heterocycles. The second-order valence-corrected chi connectivity index (χ2v) is 10.2. The summed E-state index contributed by atoms with van der Waals surface area (Å²) in [6.07, 6.45) is 3.43. The van der Waals surface area contributed by atoms with Gasteiger partial charge in [0.25, 0.3) is 5.91 Å². The largest absolute Gasteiger partial charge is 0.338 e. The summed E-state index contributed by atoms with van der Waals surface area (Å²) < 4.78 is 29.3. The van der Waals surface area contributed by atoms with Gasteiger partial charge in [0, 0.05) is 38.6 Å². The molecule has 0 N–H and O–H groups in total. The lowest BCUT2D eigenvalue weighted by atomic mass is 10.0. The van der Waals surface area contributed by atoms with Crippen LogP contribution in [-0.4, -0.2) is 59.5 Å². The fourth-order valence-electron chi connectivity index (χ4n) is 3.97. The van der Waals surface area contributed by atoms with Crippen molar-refractivity contribution in [3.05, 3.63) is 84.2 Å². The molecule has 32 heavy (non-hydrogen) atoms. The number of hydrogen-bond donors (Lipinski definition) is 0. The van der Waals surface area contributed by atoms with Gasteiger partial charge in [0.2, 0.25) is 10.0 Å². The van der Waals surface area contributed by atoms with E-state index in [0.29, 0.717) is 23.9 Å². The van der Waals surface area contributed by atoms with Crippen molar-refractivity contribution in [2.24, 2.45) is 0 Å². The average Bonchev–Trinajstić information content (AvgIpc) is 3.34. The standard InChI is InChI=1S/C24H28N4O3S/c1-19(2)20-9-11-22(12-10-20)32(30,31)27-17-15-26(16-18-27)24(29)23(28-14-6-13-25-28)21-7-4-3-5-8-21/h3-14,19,23H,15-18H2,1-2H3. The van der Waals surface area contributed by atoms with Crippen molar-refractivity contribution in [1.29, 1.82) is 0 Å². The summed E-state index contributed by atoms with van der Waals surface area (Å²) in [6.45, 7) is 5.36. The SMILES string of the molecule is CC(C)c1ccc(S(=O)(=O)N2CCN(C(=O)C(c3ccccc3)n3cccn3)CC2)cc1. The highest BCUT2D eigenvalue weighted by Gasteiger charge is 2.34. The molecule has 0 aliphatic carbocycles. The Labute approximate surface area is 189 Å². The third-order valence-electron chi connectivity index (χ3n) is 5.87. The predicted octanol–water partition coefficient (Wildman–Crippen LogP) is 3.13. The summed E-state index contributed by atoms with van der Waals surface area (Å²) in [7, 11) is -3.59. The zero-order valence-corrected chi connectivity index (χ0v) is 19.1. The Morgan fingerprint density at radius 1 is 0.875 bits per heavy atom. The van der Waals surface area contributed by atoms with Crippen LogP contribution in [-0.2, 0) is 14.8 Å². The van der Waals surface area contributed by atoms with Crippen LogP contribution in [0.2, 0.25) is 0 Å². The number of aromatic nitrogens is 2. The number of sulfonamides is 1. The van der Waals surface area contributed by atoms with Gasteiger partial charge in [-0.3, -0.25) is 9.48 Å². The molecule has 1 saturated heterocycles. The van der Waals surface area contributed by atoms with Crippen molar-refractivity contribution >= 4 is 15.9 Å². The minimum atomic E-state index is -3.59. The number of benzene rings is 2. The Kier molecular flexibility index (Phi) is 6.43. The molecule has 1 fully saturated rings. The predicted molar refractivity (Wildman–Crippen MR) is 123 cm³/mol. The Hall–Kier alpha value is -2.97. The van der Waals surface area contributed by atoms with Crippen LogP contribution in [0.5, 0.6) is 0 Å². The number of nitrogens with zero attached hydrogens (tertiary/aromatic N) is 4. The highest BCUT2D eigenvalue weighted by atomic mass is 32.2. The number of rotatable bonds is 6. The van der Waals surface area contributed by atoms with Gasteiger partial charge < -0.3 is 4.90 Å². The molecule has 1 aliphatic rings. The lowest BCUT2D eigenvalue weighted by Gasteiger charge is -2.36. The molecule has 1 unspecified atom stereocenters. The number of amides is 1. The van der Waals surface area contributed by atoms with Crippen LogP contribution in [0.25, 0.3) is 0 Å². The Morgan fingerprint density at radius 3 is 2.09 bits per heavy atom. The fourth-order valence-corrected chi connectivity index (χ4v) is 5.39. The van der Waals surface area contributed by atoms with E-state index in [-0.39, 0.29) is 19.0 Å². The Balaban J connectivity index is 1.48. The molecule has 0 radical (unpaired) electrons. The highest BCUT2D eigenvalue weighted by molar-refractivity contribution is 7.89. The maximum absolute atomic E-state index is 13.4. The van der Waals surface area contributed by atoms with Crippen LogP contribution < -0.4 is 0 Å². The van der Waals surface area contributed by atoms with Crippen LogP contribution in [0.15, 0.2) is 78.0 Å². The normalized spacial score (nSPS) is 16.3. The van der Waals surface area contributed by atoms with Crippen LogP contribution >= 0.6 is 0 Å². The molecular weight excluding hydrogens is 424 g/mol. The molecule has 7 nitrogen and oxygen atoms in total. The van der Waals surface area contributed by atoms with E-state index >= 15 is 0 Å². The van der Waals surface area contributed by atoms with Crippen molar-refractivity contribution in [1.82, 2.24) is 19.0 Å². The summed E-state index contributed by atoms with van der Waals surface area (Å²) in [4.78, 5) is 15.4. The average molecular weight is 453 g/mol. The molecule has 1 amide bonds. The second kappa shape index (κ2) is 9.26. The molecule has 2 aromatic carbocycles. The molecule has 2 heterocycles. The molecule has 1 aliphatic heterocycles. The molecule has 0 spiro atoms. The molecule has 4 rings (SSSR count). The van der Waals surface area contributed by atoms with Gasteiger partial charge in [0.05, 0.1) is 4.90 Å². The summed E-state index contributed by atoms with van der Waals surface area (Å²) in [6, 6.07) is 17.8. The molecule has 0 saturated carbocycles. The first-order valence-corrected chi connectivity index (χ1v) is 12.2. The molecule has 1 atom stereocenters. The van der Waals surface area contributed by atoms with Gasteiger partial charge >= 0.3 is 0 Å². The summed E-state index contributed by atoms with van der Waals surface area (Å²) in [5.41, 5.74) is 1.95. The van der Waals surface area contributed by atoms with Gasteiger partial charge in [-0.15, -0.1) is 0 Å². The second-order valence-electron chi connectivity index (χ2n) is 8.25. The van der Waals surface area contributed by atoms with Crippen molar-refractivity contribution in [3.63, 3.8) is 0 Å². The smallest absolute Gasteiger partial charge is 0.252 e. The van der Waals surface area contributed by atoms with Crippen molar-refractivity contribution < 1.29 is 13.2 Å². The van der Waals surface area contributed by atoms with Crippen LogP contribution in [0, 0.1) is 0 Å². The van der Waals surface area contributed by atoms with Gasteiger partial charge in [-0.1, -0.05) is 56.3 Å². The van der Waals surface area contributed by atoms with Crippen molar-refractivity contribution in [2.45, 2.75) is 30.7 Å². The first-order valence-electron chi connectivity index (χ1n) is 10.8. The number of carbonyl (C=O) groups is 1. The molecule has 8 heteroatoms. The van der Waals surface area contributed by atoms with E-state index in [1.165, 1.54) is 4.31 Å². The molecular formula is C24H28N4O3S. The third kappa shape index (κ3) is 4.47. The first-order chi connectivity index (χ1) is 15.4. The van der Waals surface area contributed by atoms with Gasteiger partial charge in [-0.2, -0.15) is 9.40 Å². The van der Waals surface area contributed by atoms with Gasteiger partial charge in [0.1, 0.15) is 0 Å². The zero-order valence-electron chi connectivity index (χ0n) is 18.3. The topological polar surface area (TPSA) is 75.5 Å². The van der Waals surface area contributed by atoms with E-state index < -0.39 is 16.1 Å². The maximum atomic E-state index is 13.4. The van der Waals surface area contributed by atoms with Gasteiger partial charge in [-0.05, 0) is 35.2 Å². The number of carbonyl (C=O) groups excluding carboxylic acids is 1. The minimum Gasteiger partial charge on any atom is -0.338 e. The lowest BCUT2D eigenvalue weighted by Crippen LogP contribution is -2.52. The van der Waals surface area contributed by atoms with E-state index in [9.17, 15) is 13.2 Å².